The lowest BCUT2D eigenvalue weighted by Crippen LogP contribution is -2.07. The minimum atomic E-state index is -0.202. The zero-order valence-electron chi connectivity index (χ0n) is 19.9. The van der Waals surface area contributed by atoms with Gasteiger partial charge in [-0.3, -0.25) is 4.79 Å². The van der Waals surface area contributed by atoms with Crippen LogP contribution >= 0.6 is 0 Å². The number of rotatable bonds is 9. The Morgan fingerprint density at radius 2 is 1.94 bits per heavy atom. The van der Waals surface area contributed by atoms with Crippen molar-refractivity contribution in [1.82, 2.24) is 14.8 Å². The third kappa shape index (κ3) is 5.84. The van der Waals surface area contributed by atoms with Crippen molar-refractivity contribution in [3.8, 4) is 22.9 Å². The van der Waals surface area contributed by atoms with Crippen molar-refractivity contribution in [2.45, 2.75) is 52.0 Å². The number of methoxy groups -OCH3 is 1. The fraction of sp³-hybridized carbons (Fsp3) is 0.370. The van der Waals surface area contributed by atoms with Gasteiger partial charge in [0.25, 0.3) is 0 Å². The Morgan fingerprint density at radius 1 is 1.09 bits per heavy atom. The molecule has 2 heterocycles. The van der Waals surface area contributed by atoms with Crippen LogP contribution in [0, 0.1) is 0 Å². The Morgan fingerprint density at radius 3 is 2.74 bits per heavy atom. The Hall–Kier alpha value is -3.61. The number of aromatic nitrogens is 3. The molecule has 3 aromatic rings. The predicted molar refractivity (Wildman–Crippen MR) is 134 cm³/mol. The average molecular weight is 461 g/mol. The van der Waals surface area contributed by atoms with Crippen LogP contribution in [0.15, 0.2) is 48.5 Å². The lowest BCUT2D eigenvalue weighted by Gasteiger charge is -2.11. The van der Waals surface area contributed by atoms with Crippen molar-refractivity contribution in [3.63, 3.8) is 0 Å². The molecule has 0 aliphatic carbocycles. The maximum Gasteiger partial charge on any atom is 0.248 e. The molecular weight excluding hydrogens is 428 g/mol. The van der Waals surface area contributed by atoms with Crippen LogP contribution in [0.4, 0.5) is 5.69 Å². The maximum absolute atomic E-state index is 12.4. The standard InChI is InChI=1S/C27H32N4O3/c1-3-4-18-34-23-15-9-20(19-24(23)33-2)10-16-26(32)28-22-13-11-21(12-14-22)27-30-29-25-8-6-5-7-17-31(25)27/h9-16,19H,3-8,17-18H2,1-2H3,(H,28,32). The number of benzene rings is 2. The van der Waals surface area contributed by atoms with Crippen LogP contribution in [-0.4, -0.2) is 34.4 Å². The van der Waals surface area contributed by atoms with Crippen LogP contribution in [0.2, 0.25) is 0 Å². The van der Waals surface area contributed by atoms with Gasteiger partial charge in [0.2, 0.25) is 5.91 Å². The Balaban J connectivity index is 1.37. The Bertz CT molecular complexity index is 1140. The molecule has 0 bridgehead atoms. The number of hydrogen-bond acceptors (Lipinski definition) is 5. The Labute approximate surface area is 200 Å². The molecule has 34 heavy (non-hydrogen) atoms. The second kappa shape index (κ2) is 11.5. The SMILES string of the molecule is CCCCOc1ccc(C=CC(=O)Nc2ccc(-c3nnc4n3CCCCC4)cc2)cc1OC. The number of fused-ring (bicyclic) bond motifs is 1. The summed E-state index contributed by atoms with van der Waals surface area (Å²) in [7, 11) is 1.61. The first-order chi connectivity index (χ1) is 16.7. The summed E-state index contributed by atoms with van der Waals surface area (Å²) < 4.78 is 13.4. The number of ether oxygens (including phenoxy) is 2. The highest BCUT2D eigenvalue weighted by atomic mass is 16.5. The van der Waals surface area contributed by atoms with Crippen LogP contribution in [0.3, 0.4) is 0 Å². The molecule has 0 fully saturated rings. The minimum Gasteiger partial charge on any atom is -0.493 e. The molecular formula is C27H32N4O3. The third-order valence-corrected chi connectivity index (χ3v) is 5.89. The number of unbranched alkanes of at least 4 members (excludes halogenated alkanes) is 1. The van der Waals surface area contributed by atoms with E-state index in [2.05, 4.69) is 27.0 Å². The average Bonchev–Trinajstić information content (AvgIpc) is 3.11. The van der Waals surface area contributed by atoms with Gasteiger partial charge >= 0.3 is 0 Å². The molecule has 1 aliphatic rings. The number of nitrogens with one attached hydrogen (secondary N) is 1. The van der Waals surface area contributed by atoms with Crippen LogP contribution < -0.4 is 14.8 Å². The largest absolute Gasteiger partial charge is 0.493 e. The van der Waals surface area contributed by atoms with Gasteiger partial charge in [-0.2, -0.15) is 0 Å². The van der Waals surface area contributed by atoms with Crippen molar-refractivity contribution < 1.29 is 14.3 Å². The number of nitrogens with zero attached hydrogens (tertiary/aromatic N) is 3. The topological polar surface area (TPSA) is 78.3 Å². The summed E-state index contributed by atoms with van der Waals surface area (Å²) in [5, 5.41) is 11.7. The number of carbonyl (C=O) groups excluding carboxylic acids is 1. The van der Waals surface area contributed by atoms with Gasteiger partial charge < -0.3 is 19.4 Å². The van der Waals surface area contributed by atoms with Gasteiger partial charge in [0.05, 0.1) is 13.7 Å². The van der Waals surface area contributed by atoms with Gasteiger partial charge in [0.15, 0.2) is 17.3 Å². The maximum atomic E-state index is 12.4. The minimum absolute atomic E-state index is 0.202. The van der Waals surface area contributed by atoms with Crippen LogP contribution in [0.25, 0.3) is 17.5 Å². The number of amides is 1. The highest BCUT2D eigenvalue weighted by molar-refractivity contribution is 6.02. The van der Waals surface area contributed by atoms with Gasteiger partial charge in [0.1, 0.15) is 5.82 Å². The number of aryl methyl sites for hydroxylation is 1. The number of hydrogen-bond donors (Lipinski definition) is 1. The predicted octanol–water partition coefficient (Wildman–Crippen LogP) is 5.51. The fourth-order valence-electron chi connectivity index (χ4n) is 3.99. The van der Waals surface area contributed by atoms with Crippen LogP contribution in [0.5, 0.6) is 11.5 Å². The zero-order valence-corrected chi connectivity index (χ0v) is 19.9. The van der Waals surface area contributed by atoms with Gasteiger partial charge in [-0.15, -0.1) is 10.2 Å². The van der Waals surface area contributed by atoms with Crippen molar-refractivity contribution in [1.29, 1.82) is 0 Å². The van der Waals surface area contributed by atoms with Gasteiger partial charge in [0, 0.05) is 30.3 Å². The summed E-state index contributed by atoms with van der Waals surface area (Å²) in [5.74, 6) is 3.12. The van der Waals surface area contributed by atoms with E-state index in [1.165, 1.54) is 18.9 Å². The van der Waals surface area contributed by atoms with Crippen LogP contribution in [-0.2, 0) is 17.8 Å². The molecule has 7 nitrogen and oxygen atoms in total. The quantitative estimate of drug-likeness (QED) is 0.336. The second-order valence-corrected chi connectivity index (χ2v) is 8.41. The van der Waals surface area contributed by atoms with Gasteiger partial charge in [-0.05, 0) is 67.3 Å². The van der Waals surface area contributed by atoms with Crippen molar-refractivity contribution in [2.75, 3.05) is 19.0 Å². The van der Waals surface area contributed by atoms with Crippen molar-refractivity contribution in [3.05, 3.63) is 59.9 Å². The number of carbonyl (C=O) groups is 1. The van der Waals surface area contributed by atoms with E-state index in [1.54, 1.807) is 13.2 Å². The van der Waals surface area contributed by atoms with E-state index < -0.39 is 0 Å². The molecule has 0 saturated heterocycles. The summed E-state index contributed by atoms with van der Waals surface area (Å²) in [5.41, 5.74) is 2.59. The summed E-state index contributed by atoms with van der Waals surface area (Å²) in [4.78, 5) is 12.4. The first-order valence-electron chi connectivity index (χ1n) is 12.0. The normalized spacial score (nSPS) is 13.4. The summed E-state index contributed by atoms with van der Waals surface area (Å²) in [6.45, 7) is 3.73. The van der Waals surface area contributed by atoms with E-state index in [-0.39, 0.29) is 5.91 Å². The summed E-state index contributed by atoms with van der Waals surface area (Å²) >= 11 is 0. The first-order valence-corrected chi connectivity index (χ1v) is 12.0. The van der Waals surface area contributed by atoms with E-state index in [1.807, 2.05) is 42.5 Å². The van der Waals surface area contributed by atoms with Gasteiger partial charge in [-0.1, -0.05) is 25.8 Å². The van der Waals surface area contributed by atoms with Gasteiger partial charge in [-0.25, -0.2) is 0 Å². The zero-order chi connectivity index (χ0) is 23.8. The molecule has 7 heteroatoms. The smallest absolute Gasteiger partial charge is 0.248 e. The van der Waals surface area contributed by atoms with Crippen LogP contribution in [0.1, 0.15) is 50.4 Å². The van der Waals surface area contributed by atoms with E-state index >= 15 is 0 Å². The lowest BCUT2D eigenvalue weighted by atomic mass is 10.1. The molecule has 4 rings (SSSR count). The van der Waals surface area contributed by atoms with Crippen molar-refractivity contribution >= 4 is 17.7 Å². The fourth-order valence-corrected chi connectivity index (χ4v) is 3.99. The molecule has 0 saturated carbocycles. The molecule has 0 atom stereocenters. The monoisotopic (exact) mass is 460 g/mol. The molecule has 1 aromatic heterocycles. The molecule has 2 aromatic carbocycles. The molecule has 0 spiro atoms. The summed E-state index contributed by atoms with van der Waals surface area (Å²) in [6.07, 6.45) is 9.86. The highest BCUT2D eigenvalue weighted by Crippen LogP contribution is 2.29. The summed E-state index contributed by atoms with van der Waals surface area (Å²) in [6, 6.07) is 13.4. The molecule has 0 unspecified atom stereocenters. The van der Waals surface area contributed by atoms with E-state index in [9.17, 15) is 4.79 Å². The second-order valence-electron chi connectivity index (χ2n) is 8.41. The number of anilines is 1. The Kier molecular flexibility index (Phi) is 7.96. The highest BCUT2D eigenvalue weighted by Gasteiger charge is 2.16. The third-order valence-electron chi connectivity index (χ3n) is 5.89. The lowest BCUT2D eigenvalue weighted by molar-refractivity contribution is -0.111. The molecule has 1 N–H and O–H groups in total. The van der Waals surface area contributed by atoms with E-state index in [4.69, 9.17) is 9.47 Å². The van der Waals surface area contributed by atoms with E-state index in [0.717, 1.165) is 60.7 Å². The molecule has 0 radical (unpaired) electrons. The van der Waals surface area contributed by atoms with E-state index in [0.29, 0.717) is 18.1 Å². The van der Waals surface area contributed by atoms with Crippen molar-refractivity contribution in [2.24, 2.45) is 0 Å². The first kappa shape index (κ1) is 23.5. The molecule has 1 aliphatic heterocycles. The molecule has 178 valence electrons. The molecule has 1 amide bonds.